The molecule has 4 aromatic carbocycles. The number of aromatic nitrogens is 1. The van der Waals surface area contributed by atoms with E-state index >= 15 is 0 Å². The number of hydrogen-bond donors (Lipinski definition) is 2. The molecule has 180 valence electrons. The van der Waals surface area contributed by atoms with Gasteiger partial charge in [-0.15, -0.1) is 10.2 Å². The molecule has 0 saturated carbocycles. The number of ether oxygens (including phenoxy) is 1. The van der Waals surface area contributed by atoms with E-state index in [0.717, 1.165) is 5.56 Å². The van der Waals surface area contributed by atoms with E-state index < -0.39 is 10.1 Å². The predicted molar refractivity (Wildman–Crippen MR) is 146 cm³/mol. The molecule has 0 spiro atoms. The summed E-state index contributed by atoms with van der Waals surface area (Å²) in [6.45, 7) is 0. The number of nitrogens with zero attached hydrogens (tertiary/aromatic N) is 3. The van der Waals surface area contributed by atoms with Crippen molar-refractivity contribution >= 4 is 67.5 Å². The van der Waals surface area contributed by atoms with E-state index in [9.17, 15) is 13.0 Å². The van der Waals surface area contributed by atoms with E-state index in [-0.39, 0.29) is 45.8 Å². The molecule has 0 fully saturated rings. The monoisotopic (exact) mass is 520 g/mol. The van der Waals surface area contributed by atoms with E-state index in [1.807, 2.05) is 54.6 Å². The zero-order chi connectivity index (χ0) is 25.1. The molecule has 0 radical (unpaired) electrons. The van der Waals surface area contributed by atoms with Crippen LogP contribution in [0.3, 0.4) is 0 Å². The van der Waals surface area contributed by atoms with Gasteiger partial charge < -0.3 is 10.5 Å². The second-order valence-electron chi connectivity index (χ2n) is 7.84. The van der Waals surface area contributed by atoms with Crippen molar-refractivity contribution in [3.8, 4) is 22.8 Å². The maximum atomic E-state index is 11.9. The summed E-state index contributed by atoms with van der Waals surface area (Å²) >= 11 is 0. The van der Waals surface area contributed by atoms with Gasteiger partial charge in [-0.2, -0.15) is 8.42 Å². The van der Waals surface area contributed by atoms with Crippen molar-refractivity contribution in [3.63, 3.8) is 0 Å². The molecular formula is C27H21N4NaO4S. The normalized spacial score (nSPS) is 11.4. The number of para-hydroxylation sites is 2. The molecule has 0 atom stereocenters. The molecule has 0 unspecified atom stereocenters. The summed E-state index contributed by atoms with van der Waals surface area (Å²) in [5, 5.41) is 9.06. The van der Waals surface area contributed by atoms with Crippen molar-refractivity contribution in [1.82, 2.24) is 4.98 Å². The zero-order valence-electron chi connectivity index (χ0n) is 18.8. The van der Waals surface area contributed by atoms with Crippen molar-refractivity contribution in [2.24, 2.45) is 10.2 Å². The standard InChI is InChI=1S/C27H20N4O4S.Na.H/c28-27-21-11-5-4-10-20(21)26(36(32,33)34)16-24(27)31-30-18-14-15-23(29-17-18)22-12-6-7-13-25(22)35-19-8-2-1-3-9-19;;/h1-17H,28H2,(H,32,33,34);;. The number of nitrogens with two attached hydrogens (primary N) is 1. The fourth-order valence-electron chi connectivity index (χ4n) is 3.75. The maximum absolute atomic E-state index is 11.9. The molecule has 0 amide bonds. The number of anilines is 1. The molecule has 8 nitrogen and oxygen atoms in total. The van der Waals surface area contributed by atoms with Crippen molar-refractivity contribution < 1.29 is 17.7 Å². The molecule has 10 heteroatoms. The Kier molecular flexibility index (Phi) is 8.01. The van der Waals surface area contributed by atoms with E-state index in [1.165, 1.54) is 6.07 Å². The van der Waals surface area contributed by atoms with E-state index in [1.54, 1.807) is 42.6 Å². The fraction of sp³-hybridized carbons (Fsp3) is 0. The predicted octanol–water partition coefficient (Wildman–Crippen LogP) is 6.29. The van der Waals surface area contributed by atoms with E-state index in [4.69, 9.17) is 10.5 Å². The SMILES string of the molecule is Nc1c(N=Nc2ccc(-c3ccccc3Oc3ccccc3)nc2)cc(S(=O)(=O)O)c2ccccc12.[NaH]. The van der Waals surface area contributed by atoms with Crippen LogP contribution in [0.1, 0.15) is 0 Å². The third-order valence-corrected chi connectivity index (χ3v) is 6.35. The molecule has 0 aliphatic heterocycles. The van der Waals surface area contributed by atoms with E-state index in [2.05, 4.69) is 15.2 Å². The molecule has 0 bridgehead atoms. The minimum absolute atomic E-state index is 0. The summed E-state index contributed by atoms with van der Waals surface area (Å²) in [6, 6.07) is 28.4. The summed E-state index contributed by atoms with van der Waals surface area (Å²) in [7, 11) is -4.50. The van der Waals surface area contributed by atoms with Gasteiger partial charge in [-0.25, -0.2) is 0 Å². The van der Waals surface area contributed by atoms with Crippen molar-refractivity contribution in [1.29, 1.82) is 0 Å². The van der Waals surface area contributed by atoms with Crippen LogP contribution in [0.25, 0.3) is 22.0 Å². The van der Waals surface area contributed by atoms with Gasteiger partial charge in [0.05, 0.1) is 17.6 Å². The number of fused-ring (bicyclic) bond motifs is 1. The van der Waals surface area contributed by atoms with Gasteiger partial charge in [0, 0.05) is 16.3 Å². The first-order valence-corrected chi connectivity index (χ1v) is 12.3. The Balaban J connectivity index is 0.00000320. The zero-order valence-corrected chi connectivity index (χ0v) is 19.6. The van der Waals surface area contributed by atoms with Gasteiger partial charge in [-0.1, -0.05) is 54.6 Å². The van der Waals surface area contributed by atoms with Gasteiger partial charge in [0.1, 0.15) is 27.8 Å². The van der Waals surface area contributed by atoms with Crippen LogP contribution >= 0.6 is 0 Å². The number of benzene rings is 4. The second kappa shape index (κ2) is 11.2. The third kappa shape index (κ3) is 5.87. The third-order valence-electron chi connectivity index (χ3n) is 5.46. The molecule has 1 heterocycles. The van der Waals surface area contributed by atoms with Gasteiger partial charge in [0.25, 0.3) is 10.1 Å². The Labute approximate surface area is 235 Å². The minimum atomic E-state index is -4.50. The number of nitrogen functional groups attached to an aromatic ring is 1. The van der Waals surface area contributed by atoms with Gasteiger partial charge in [-0.3, -0.25) is 9.54 Å². The molecule has 0 aliphatic rings. The summed E-state index contributed by atoms with van der Waals surface area (Å²) in [5.41, 5.74) is 8.50. The summed E-state index contributed by atoms with van der Waals surface area (Å²) in [5.74, 6) is 1.37. The van der Waals surface area contributed by atoms with Crippen molar-refractivity contribution in [3.05, 3.63) is 103 Å². The second-order valence-corrected chi connectivity index (χ2v) is 9.23. The molecule has 5 aromatic rings. The Morgan fingerprint density at radius 2 is 1.49 bits per heavy atom. The van der Waals surface area contributed by atoms with Gasteiger partial charge in [0.15, 0.2) is 0 Å². The van der Waals surface area contributed by atoms with Crippen molar-refractivity contribution in [2.75, 3.05) is 5.73 Å². The van der Waals surface area contributed by atoms with Gasteiger partial charge in [0.2, 0.25) is 0 Å². The molecule has 37 heavy (non-hydrogen) atoms. The quantitative estimate of drug-likeness (QED) is 0.117. The summed E-state index contributed by atoms with van der Waals surface area (Å²) in [6.07, 6.45) is 1.54. The van der Waals surface area contributed by atoms with Crippen LogP contribution in [0.4, 0.5) is 17.1 Å². The van der Waals surface area contributed by atoms with Crippen molar-refractivity contribution in [2.45, 2.75) is 4.90 Å². The van der Waals surface area contributed by atoms with Crippen LogP contribution in [0.15, 0.2) is 118 Å². The average molecular weight is 521 g/mol. The fourth-order valence-corrected chi connectivity index (χ4v) is 4.46. The topological polar surface area (TPSA) is 127 Å². The van der Waals surface area contributed by atoms with Crippen LogP contribution in [0.5, 0.6) is 11.5 Å². The molecule has 0 saturated heterocycles. The first-order valence-electron chi connectivity index (χ1n) is 10.9. The first kappa shape index (κ1) is 26.5. The number of azo groups is 1. The van der Waals surface area contributed by atoms with Gasteiger partial charge >= 0.3 is 29.6 Å². The molecule has 1 aromatic heterocycles. The van der Waals surface area contributed by atoms with Crippen LogP contribution in [-0.2, 0) is 10.1 Å². The molecule has 5 rings (SSSR count). The van der Waals surface area contributed by atoms with Crippen LogP contribution in [0, 0.1) is 0 Å². The van der Waals surface area contributed by atoms with Gasteiger partial charge in [-0.05, 0) is 42.5 Å². The average Bonchev–Trinajstić information content (AvgIpc) is 2.89. The van der Waals surface area contributed by atoms with E-state index in [0.29, 0.717) is 33.7 Å². The van der Waals surface area contributed by atoms with Crippen LogP contribution in [-0.4, -0.2) is 47.5 Å². The molecule has 3 N–H and O–H groups in total. The molecular weight excluding hydrogens is 499 g/mol. The summed E-state index contributed by atoms with van der Waals surface area (Å²) in [4.78, 5) is 4.20. The van der Waals surface area contributed by atoms with Crippen LogP contribution in [0.2, 0.25) is 0 Å². The Morgan fingerprint density at radius 1 is 0.811 bits per heavy atom. The Morgan fingerprint density at radius 3 is 2.19 bits per heavy atom. The number of rotatable bonds is 6. The molecule has 0 aliphatic carbocycles. The Bertz CT molecular complexity index is 1690. The Hall–Kier alpha value is -3.60. The van der Waals surface area contributed by atoms with Crippen LogP contribution < -0.4 is 10.5 Å². The first-order chi connectivity index (χ1) is 17.4. The number of hydrogen-bond acceptors (Lipinski definition) is 7. The summed E-state index contributed by atoms with van der Waals surface area (Å²) < 4.78 is 39.5. The number of pyridine rings is 1.